The highest BCUT2D eigenvalue weighted by molar-refractivity contribution is 5.95. The highest BCUT2D eigenvalue weighted by Crippen LogP contribution is 2.28. The number of ether oxygens (including phenoxy) is 2. The van der Waals surface area contributed by atoms with Crippen LogP contribution in [-0.4, -0.2) is 31.3 Å². The van der Waals surface area contributed by atoms with E-state index in [4.69, 9.17) is 20.1 Å². The Labute approximate surface area is 123 Å². The van der Waals surface area contributed by atoms with E-state index >= 15 is 0 Å². The Morgan fingerprint density at radius 1 is 1.29 bits per heavy atom. The molecule has 7 nitrogen and oxygen atoms in total. The summed E-state index contributed by atoms with van der Waals surface area (Å²) in [5, 5.41) is 11.7. The maximum Gasteiger partial charge on any atom is 0.249 e. The lowest BCUT2D eigenvalue weighted by atomic mass is 10.2. The molecule has 0 aliphatic rings. The Balaban J connectivity index is 2.58. The molecule has 0 spiro atoms. The number of benzene rings is 1. The van der Waals surface area contributed by atoms with Crippen molar-refractivity contribution in [1.29, 1.82) is 0 Å². The van der Waals surface area contributed by atoms with E-state index in [1.54, 1.807) is 6.07 Å². The summed E-state index contributed by atoms with van der Waals surface area (Å²) in [5.41, 5.74) is 8.50. The summed E-state index contributed by atoms with van der Waals surface area (Å²) in [7, 11) is 1.48. The van der Waals surface area contributed by atoms with Crippen LogP contribution >= 0.6 is 0 Å². The molecule has 1 rings (SSSR count). The van der Waals surface area contributed by atoms with E-state index in [1.807, 2.05) is 0 Å². The van der Waals surface area contributed by atoms with Crippen molar-refractivity contribution in [3.8, 4) is 11.5 Å². The molecule has 0 fully saturated rings. The molecule has 0 unspecified atom stereocenters. The largest absolute Gasteiger partial charge is 0.493 e. The van der Waals surface area contributed by atoms with Gasteiger partial charge < -0.3 is 14.6 Å². The zero-order valence-corrected chi connectivity index (χ0v) is 12.0. The van der Waals surface area contributed by atoms with Gasteiger partial charge in [0.15, 0.2) is 11.5 Å². The second-order valence-electron chi connectivity index (χ2n) is 4.35. The molecule has 21 heavy (non-hydrogen) atoms. The number of methoxy groups -OCH3 is 1. The standard InChI is InChI=1S/C14H19N3O4/c1-20-13-10-11(14(19)16-17-15)6-7-12(13)21-9-5-3-2-4-8-18/h6-7,10,18H,2-5,8-9H2,1H3. The van der Waals surface area contributed by atoms with E-state index in [9.17, 15) is 4.79 Å². The number of amides is 1. The van der Waals surface area contributed by atoms with E-state index in [0.717, 1.165) is 25.7 Å². The van der Waals surface area contributed by atoms with Crippen molar-refractivity contribution in [2.45, 2.75) is 25.7 Å². The van der Waals surface area contributed by atoms with Crippen molar-refractivity contribution in [1.82, 2.24) is 0 Å². The van der Waals surface area contributed by atoms with Crippen LogP contribution in [-0.2, 0) is 0 Å². The molecular formula is C14H19N3O4. The van der Waals surface area contributed by atoms with Gasteiger partial charge >= 0.3 is 0 Å². The van der Waals surface area contributed by atoms with E-state index in [-0.39, 0.29) is 12.2 Å². The van der Waals surface area contributed by atoms with E-state index < -0.39 is 5.91 Å². The lowest BCUT2D eigenvalue weighted by Crippen LogP contribution is -2.01. The molecular weight excluding hydrogens is 274 g/mol. The number of hydrogen-bond acceptors (Lipinski definition) is 4. The van der Waals surface area contributed by atoms with Gasteiger partial charge in [-0.25, -0.2) is 0 Å². The molecule has 0 aromatic heterocycles. The topological polar surface area (TPSA) is 105 Å². The van der Waals surface area contributed by atoms with Crippen molar-refractivity contribution < 1.29 is 19.4 Å². The van der Waals surface area contributed by atoms with E-state index in [0.29, 0.717) is 18.1 Å². The average molecular weight is 293 g/mol. The minimum Gasteiger partial charge on any atom is -0.493 e. The van der Waals surface area contributed by atoms with Crippen molar-refractivity contribution in [2.24, 2.45) is 5.11 Å². The third kappa shape index (κ3) is 5.72. The second-order valence-corrected chi connectivity index (χ2v) is 4.35. The van der Waals surface area contributed by atoms with Crippen LogP contribution in [0.1, 0.15) is 36.0 Å². The number of nitrogens with zero attached hydrogens (tertiary/aromatic N) is 3. The summed E-state index contributed by atoms with van der Waals surface area (Å²) in [4.78, 5) is 13.9. The first-order chi connectivity index (χ1) is 10.2. The molecule has 1 aromatic carbocycles. The number of carbonyl (C=O) groups excluding carboxylic acids is 1. The smallest absolute Gasteiger partial charge is 0.249 e. The van der Waals surface area contributed by atoms with Gasteiger partial charge in [0.1, 0.15) is 0 Å². The molecule has 0 saturated carbocycles. The van der Waals surface area contributed by atoms with Crippen LogP contribution < -0.4 is 9.47 Å². The molecule has 0 radical (unpaired) electrons. The van der Waals surface area contributed by atoms with Crippen molar-refractivity contribution in [2.75, 3.05) is 20.3 Å². The van der Waals surface area contributed by atoms with Gasteiger partial charge in [-0.05, 0) is 48.1 Å². The van der Waals surface area contributed by atoms with Crippen LogP contribution in [0.5, 0.6) is 11.5 Å². The molecule has 0 aliphatic heterocycles. The maximum atomic E-state index is 11.4. The third-order valence-electron chi connectivity index (χ3n) is 2.86. The highest BCUT2D eigenvalue weighted by Gasteiger charge is 2.09. The fraction of sp³-hybridized carbons (Fsp3) is 0.500. The van der Waals surface area contributed by atoms with Gasteiger partial charge in [-0.2, -0.15) is 0 Å². The SMILES string of the molecule is COc1cc(C(=O)N=[N+]=[N-])ccc1OCCCCCCO. The second kappa shape index (κ2) is 9.63. The van der Waals surface area contributed by atoms with Crippen molar-refractivity contribution in [3.63, 3.8) is 0 Å². The van der Waals surface area contributed by atoms with Gasteiger partial charge in [-0.1, -0.05) is 6.42 Å². The van der Waals surface area contributed by atoms with Gasteiger partial charge in [0.25, 0.3) is 0 Å². The Bertz CT molecular complexity index is 513. The molecule has 0 atom stereocenters. The number of rotatable bonds is 9. The number of hydrogen-bond donors (Lipinski definition) is 1. The Morgan fingerprint density at radius 2 is 2.05 bits per heavy atom. The molecule has 1 N–H and O–H groups in total. The summed E-state index contributed by atoms with van der Waals surface area (Å²) in [6, 6.07) is 4.63. The summed E-state index contributed by atoms with van der Waals surface area (Å²) >= 11 is 0. The van der Waals surface area contributed by atoms with Gasteiger partial charge in [0.05, 0.1) is 13.7 Å². The van der Waals surface area contributed by atoms with Crippen LogP contribution in [0.4, 0.5) is 0 Å². The number of unbranched alkanes of at least 4 members (excludes halogenated alkanes) is 3. The zero-order valence-electron chi connectivity index (χ0n) is 12.0. The Hall–Kier alpha value is -2.24. The number of azide groups is 1. The van der Waals surface area contributed by atoms with Gasteiger partial charge in [0.2, 0.25) is 5.91 Å². The molecule has 114 valence electrons. The van der Waals surface area contributed by atoms with Crippen LogP contribution in [0, 0.1) is 0 Å². The predicted octanol–water partition coefficient (Wildman–Crippen LogP) is 3.08. The average Bonchev–Trinajstić information content (AvgIpc) is 2.51. The van der Waals surface area contributed by atoms with Crippen LogP contribution in [0.25, 0.3) is 10.4 Å². The molecule has 0 heterocycles. The normalized spacial score (nSPS) is 9.81. The summed E-state index contributed by atoms with van der Waals surface area (Å²) in [5.74, 6) is 0.299. The quantitative estimate of drug-likeness (QED) is 0.327. The maximum absolute atomic E-state index is 11.4. The first-order valence-corrected chi connectivity index (χ1v) is 6.74. The minimum atomic E-state index is -0.661. The monoisotopic (exact) mass is 293 g/mol. The lowest BCUT2D eigenvalue weighted by Gasteiger charge is -2.11. The molecule has 0 bridgehead atoms. The first-order valence-electron chi connectivity index (χ1n) is 6.74. The minimum absolute atomic E-state index is 0.218. The fourth-order valence-electron chi connectivity index (χ4n) is 1.77. The molecule has 0 saturated heterocycles. The van der Waals surface area contributed by atoms with Gasteiger partial charge in [0, 0.05) is 17.1 Å². The zero-order chi connectivity index (χ0) is 15.5. The van der Waals surface area contributed by atoms with Crippen LogP contribution in [0.2, 0.25) is 0 Å². The Morgan fingerprint density at radius 3 is 2.71 bits per heavy atom. The number of aliphatic hydroxyl groups excluding tert-OH is 1. The van der Waals surface area contributed by atoms with Crippen molar-refractivity contribution in [3.05, 3.63) is 34.2 Å². The first kappa shape index (κ1) is 16.8. The molecule has 0 aliphatic carbocycles. The predicted molar refractivity (Wildman–Crippen MR) is 77.5 cm³/mol. The van der Waals surface area contributed by atoms with E-state index in [2.05, 4.69) is 10.0 Å². The summed E-state index contributed by atoms with van der Waals surface area (Å²) in [6.45, 7) is 0.751. The number of carbonyl (C=O) groups is 1. The molecule has 1 aromatic rings. The molecule has 7 heteroatoms. The van der Waals surface area contributed by atoms with Crippen LogP contribution in [0.15, 0.2) is 23.3 Å². The number of aliphatic hydroxyl groups is 1. The highest BCUT2D eigenvalue weighted by atomic mass is 16.5. The lowest BCUT2D eigenvalue weighted by molar-refractivity contribution is 0.1000. The van der Waals surface area contributed by atoms with E-state index in [1.165, 1.54) is 19.2 Å². The van der Waals surface area contributed by atoms with Crippen molar-refractivity contribution >= 4 is 5.91 Å². The van der Waals surface area contributed by atoms with Gasteiger partial charge in [-0.3, -0.25) is 4.79 Å². The Kier molecular flexibility index (Phi) is 7.71. The fourth-order valence-corrected chi connectivity index (χ4v) is 1.77. The van der Waals surface area contributed by atoms with Gasteiger partial charge in [-0.15, -0.1) is 0 Å². The molecule has 1 amide bonds. The summed E-state index contributed by atoms with van der Waals surface area (Å²) < 4.78 is 10.8. The third-order valence-corrected chi connectivity index (χ3v) is 2.86. The van der Waals surface area contributed by atoms with Crippen LogP contribution in [0.3, 0.4) is 0 Å². The summed E-state index contributed by atoms with van der Waals surface area (Å²) in [6.07, 6.45) is 3.63.